The maximum Gasteiger partial charge on any atom is 0.247 e. The van der Waals surface area contributed by atoms with Gasteiger partial charge in [-0.15, -0.1) is 0 Å². The molecule has 1 aliphatic carbocycles. The van der Waals surface area contributed by atoms with Gasteiger partial charge in [0, 0.05) is 36.2 Å². The van der Waals surface area contributed by atoms with Gasteiger partial charge in [-0.3, -0.25) is 14.4 Å². The Morgan fingerprint density at radius 2 is 1.82 bits per heavy atom. The van der Waals surface area contributed by atoms with Crippen molar-refractivity contribution in [2.24, 2.45) is 0 Å². The standard InChI is InChI=1S/C34H44N2O8/c1-4-5-6-7-8-13-29(39)36(16-14-23-11-9-10-12-27(23)42-2)26-20-25(34(41)35-15-17-37)30-24-18-22(21-38)19-28(43-3)32(24)44-33(30)31(26)40/h9-12,18-21,26,30-31,33,37,40H,4-8,13-17H2,1-3H3,(H,35,41)/t26-,30+,31+,33+/m1/s1. The Hall–Kier alpha value is -3.89. The van der Waals surface area contributed by atoms with Gasteiger partial charge in [0.25, 0.3) is 0 Å². The van der Waals surface area contributed by atoms with E-state index in [0.717, 1.165) is 37.7 Å². The van der Waals surface area contributed by atoms with E-state index >= 15 is 0 Å². The summed E-state index contributed by atoms with van der Waals surface area (Å²) in [6.07, 6.45) is 5.92. The number of amides is 2. The topological polar surface area (TPSA) is 135 Å². The number of nitrogens with zero attached hydrogens (tertiary/aromatic N) is 1. The summed E-state index contributed by atoms with van der Waals surface area (Å²) in [5.41, 5.74) is 2.09. The molecule has 0 fully saturated rings. The van der Waals surface area contributed by atoms with E-state index in [1.165, 1.54) is 7.11 Å². The van der Waals surface area contributed by atoms with E-state index in [4.69, 9.17) is 14.2 Å². The normalized spacial score (nSPS) is 20.1. The fraction of sp³-hybridized carbons (Fsp3) is 0.500. The fourth-order valence-corrected chi connectivity index (χ4v) is 6.17. The van der Waals surface area contributed by atoms with Crippen molar-refractivity contribution >= 4 is 18.1 Å². The van der Waals surface area contributed by atoms with Crippen molar-refractivity contribution in [1.82, 2.24) is 10.2 Å². The van der Waals surface area contributed by atoms with Crippen molar-refractivity contribution in [3.63, 3.8) is 0 Å². The highest BCUT2D eigenvalue weighted by Crippen LogP contribution is 2.51. The van der Waals surface area contributed by atoms with Crippen LogP contribution >= 0.6 is 0 Å². The highest BCUT2D eigenvalue weighted by atomic mass is 16.5. The highest BCUT2D eigenvalue weighted by Gasteiger charge is 2.51. The number of para-hydroxylation sites is 1. The number of hydrogen-bond donors (Lipinski definition) is 3. The van der Waals surface area contributed by atoms with Crippen LogP contribution in [0.2, 0.25) is 0 Å². The Labute approximate surface area is 259 Å². The Balaban J connectivity index is 1.73. The molecule has 2 aliphatic rings. The summed E-state index contributed by atoms with van der Waals surface area (Å²) >= 11 is 0. The van der Waals surface area contributed by atoms with Crippen molar-refractivity contribution in [2.45, 2.75) is 76.0 Å². The predicted molar refractivity (Wildman–Crippen MR) is 165 cm³/mol. The van der Waals surface area contributed by atoms with Crippen LogP contribution in [0.15, 0.2) is 48.0 Å². The van der Waals surface area contributed by atoms with Crippen LogP contribution in [0.5, 0.6) is 17.2 Å². The van der Waals surface area contributed by atoms with E-state index in [9.17, 15) is 24.6 Å². The molecule has 0 unspecified atom stereocenters. The number of nitrogens with one attached hydrogen (secondary N) is 1. The minimum Gasteiger partial charge on any atom is -0.496 e. The summed E-state index contributed by atoms with van der Waals surface area (Å²) in [7, 11) is 3.06. The van der Waals surface area contributed by atoms with Gasteiger partial charge in [-0.25, -0.2) is 0 Å². The second-order valence-electron chi connectivity index (χ2n) is 11.2. The van der Waals surface area contributed by atoms with E-state index in [2.05, 4.69) is 12.2 Å². The summed E-state index contributed by atoms with van der Waals surface area (Å²) < 4.78 is 17.3. The number of carbonyl (C=O) groups is 3. The van der Waals surface area contributed by atoms with Gasteiger partial charge in [0.05, 0.1) is 32.8 Å². The number of aliphatic hydroxyl groups excluding tert-OH is 2. The van der Waals surface area contributed by atoms with Gasteiger partial charge in [-0.2, -0.15) is 0 Å². The van der Waals surface area contributed by atoms with Gasteiger partial charge in [-0.05, 0) is 42.7 Å². The lowest BCUT2D eigenvalue weighted by atomic mass is 9.77. The first-order valence-electron chi connectivity index (χ1n) is 15.4. The van der Waals surface area contributed by atoms with Gasteiger partial charge >= 0.3 is 0 Å². The Morgan fingerprint density at radius 1 is 1.07 bits per heavy atom. The monoisotopic (exact) mass is 608 g/mol. The zero-order valence-electron chi connectivity index (χ0n) is 25.8. The fourth-order valence-electron chi connectivity index (χ4n) is 6.17. The molecule has 0 saturated heterocycles. The van der Waals surface area contributed by atoms with Crippen molar-refractivity contribution in [3.05, 3.63) is 64.7 Å². The molecule has 0 bridgehead atoms. The van der Waals surface area contributed by atoms with Crippen LogP contribution in [0.3, 0.4) is 0 Å². The lowest BCUT2D eigenvalue weighted by molar-refractivity contribution is -0.137. The SMILES string of the molecule is CCCCCCCC(=O)N(CCc1ccccc1OC)[C@@H]1C=C(C(=O)NCCO)[C@@H]2c3cc(C=O)cc(OC)c3O[C@@H]2[C@H]1O. The maximum absolute atomic E-state index is 13.9. The smallest absolute Gasteiger partial charge is 0.247 e. The first-order valence-corrected chi connectivity index (χ1v) is 15.4. The van der Waals surface area contributed by atoms with Crippen molar-refractivity contribution in [1.29, 1.82) is 0 Å². The van der Waals surface area contributed by atoms with Crippen molar-refractivity contribution in [2.75, 3.05) is 33.9 Å². The van der Waals surface area contributed by atoms with Gasteiger partial charge in [-0.1, -0.05) is 50.8 Å². The number of ether oxygens (including phenoxy) is 3. The summed E-state index contributed by atoms with van der Waals surface area (Å²) in [5, 5.41) is 24.0. The van der Waals surface area contributed by atoms with Crippen molar-refractivity contribution < 1.29 is 38.8 Å². The minimum absolute atomic E-state index is 0.0282. The quantitative estimate of drug-likeness (QED) is 0.195. The van der Waals surface area contributed by atoms with E-state index in [1.54, 1.807) is 30.2 Å². The first kappa shape index (κ1) is 33.0. The van der Waals surface area contributed by atoms with Crippen LogP contribution in [0, 0.1) is 0 Å². The van der Waals surface area contributed by atoms with E-state index in [1.807, 2.05) is 24.3 Å². The number of aldehydes is 1. The molecule has 44 heavy (non-hydrogen) atoms. The number of carbonyl (C=O) groups excluding carboxylic acids is 3. The molecule has 10 heteroatoms. The summed E-state index contributed by atoms with van der Waals surface area (Å²) in [4.78, 5) is 40.8. The molecular formula is C34H44N2O8. The molecule has 3 N–H and O–H groups in total. The van der Waals surface area contributed by atoms with Crippen LogP contribution < -0.4 is 19.5 Å². The summed E-state index contributed by atoms with van der Waals surface area (Å²) in [6.45, 7) is 2.19. The predicted octanol–water partition coefficient (Wildman–Crippen LogP) is 3.57. The van der Waals surface area contributed by atoms with Gasteiger partial charge in [0.1, 0.15) is 24.2 Å². The molecule has 1 heterocycles. The average molecular weight is 609 g/mol. The number of methoxy groups -OCH3 is 2. The van der Waals surface area contributed by atoms with Crippen LogP contribution in [0.4, 0.5) is 0 Å². The molecule has 0 aromatic heterocycles. The number of rotatable bonds is 16. The van der Waals surface area contributed by atoms with Crippen LogP contribution in [-0.2, 0) is 16.0 Å². The molecule has 0 saturated carbocycles. The molecule has 0 spiro atoms. The molecule has 238 valence electrons. The number of aliphatic hydroxyl groups is 2. The molecule has 0 radical (unpaired) electrons. The van der Waals surface area contributed by atoms with Crippen LogP contribution in [-0.4, -0.2) is 85.4 Å². The number of benzene rings is 2. The molecule has 1 aliphatic heterocycles. The third kappa shape index (κ3) is 7.25. The van der Waals surface area contributed by atoms with E-state index in [0.29, 0.717) is 53.1 Å². The minimum atomic E-state index is -1.19. The van der Waals surface area contributed by atoms with Gasteiger partial charge < -0.3 is 34.6 Å². The molecule has 10 nitrogen and oxygen atoms in total. The number of unbranched alkanes of at least 4 members (excludes halogenated alkanes) is 4. The average Bonchev–Trinajstić information content (AvgIpc) is 3.44. The van der Waals surface area contributed by atoms with Crippen LogP contribution in [0.25, 0.3) is 0 Å². The van der Waals surface area contributed by atoms with Gasteiger partial charge in [0.2, 0.25) is 11.8 Å². The van der Waals surface area contributed by atoms with Gasteiger partial charge in [0.15, 0.2) is 11.5 Å². The molecule has 4 rings (SSSR count). The molecule has 2 aromatic carbocycles. The lowest BCUT2D eigenvalue weighted by Gasteiger charge is -2.41. The number of hydrogen-bond acceptors (Lipinski definition) is 8. The molecule has 4 atom stereocenters. The largest absolute Gasteiger partial charge is 0.496 e. The maximum atomic E-state index is 13.9. The molecular weight excluding hydrogens is 564 g/mol. The summed E-state index contributed by atoms with van der Waals surface area (Å²) in [6, 6.07) is 9.91. The van der Waals surface area contributed by atoms with E-state index < -0.39 is 30.1 Å². The third-order valence-electron chi connectivity index (χ3n) is 8.40. The molecule has 2 aromatic rings. The Kier molecular flexibility index (Phi) is 11.8. The Morgan fingerprint density at radius 3 is 2.52 bits per heavy atom. The van der Waals surface area contributed by atoms with E-state index in [-0.39, 0.29) is 25.6 Å². The zero-order chi connectivity index (χ0) is 31.6. The lowest BCUT2D eigenvalue weighted by Crippen LogP contribution is -2.56. The zero-order valence-corrected chi connectivity index (χ0v) is 25.8. The Bertz CT molecular complexity index is 1340. The van der Waals surface area contributed by atoms with Crippen molar-refractivity contribution in [3.8, 4) is 17.2 Å². The second kappa shape index (κ2) is 15.7. The second-order valence-corrected chi connectivity index (χ2v) is 11.2. The molecule has 2 amide bonds. The third-order valence-corrected chi connectivity index (χ3v) is 8.40. The summed E-state index contributed by atoms with van der Waals surface area (Å²) in [5.74, 6) is 0.0710. The number of fused-ring (bicyclic) bond motifs is 3. The van der Waals surface area contributed by atoms with Crippen LogP contribution in [0.1, 0.15) is 72.9 Å². The first-order chi connectivity index (χ1) is 21.4. The highest BCUT2D eigenvalue weighted by molar-refractivity contribution is 5.96.